The maximum atomic E-state index is 10.9. The number of hydrogen-bond acceptors (Lipinski definition) is 4. The van der Waals surface area contributed by atoms with Crippen molar-refractivity contribution in [2.45, 2.75) is 6.54 Å². The minimum absolute atomic E-state index is 0.393. The summed E-state index contributed by atoms with van der Waals surface area (Å²) in [5.41, 5.74) is 0.850. The average molecular weight is 278 g/mol. The monoisotopic (exact) mass is 277 g/mol. The summed E-state index contributed by atoms with van der Waals surface area (Å²) in [6, 6.07) is 7.32. The van der Waals surface area contributed by atoms with Crippen molar-refractivity contribution in [1.82, 2.24) is 14.8 Å². The Morgan fingerprint density at radius 1 is 1.53 bits per heavy atom. The lowest BCUT2D eigenvalue weighted by Crippen LogP contribution is -1.98. The maximum Gasteiger partial charge on any atom is 0.330 e. The minimum Gasteiger partial charge on any atom is -0.466 e. The smallest absolute Gasteiger partial charge is 0.330 e. The van der Waals surface area contributed by atoms with Crippen LogP contribution in [0.2, 0.25) is 5.02 Å². The zero-order valence-electron chi connectivity index (χ0n) is 10.3. The molecule has 6 heteroatoms. The highest BCUT2D eigenvalue weighted by Crippen LogP contribution is 2.18. The Labute approximate surface area is 115 Å². The van der Waals surface area contributed by atoms with Crippen LogP contribution in [0.4, 0.5) is 0 Å². The summed E-state index contributed by atoms with van der Waals surface area (Å²) in [6.45, 7) is 0.447. The van der Waals surface area contributed by atoms with E-state index < -0.39 is 5.97 Å². The second-order valence-electron chi connectivity index (χ2n) is 3.73. The SMILES string of the molecule is COC(=O)/C=C\Cn1cnc(-c2cccc(Cl)c2)n1. The van der Waals surface area contributed by atoms with E-state index in [0.717, 1.165) is 5.56 Å². The largest absolute Gasteiger partial charge is 0.466 e. The topological polar surface area (TPSA) is 57.0 Å². The number of allylic oxidation sites excluding steroid dienone is 1. The van der Waals surface area contributed by atoms with Gasteiger partial charge in [-0.3, -0.25) is 0 Å². The molecule has 0 fully saturated rings. The van der Waals surface area contributed by atoms with Crippen LogP contribution in [0.5, 0.6) is 0 Å². The molecule has 0 N–H and O–H groups in total. The van der Waals surface area contributed by atoms with Gasteiger partial charge in [-0.25, -0.2) is 14.5 Å². The van der Waals surface area contributed by atoms with Crippen LogP contribution in [0.3, 0.4) is 0 Å². The van der Waals surface area contributed by atoms with Crippen molar-refractivity contribution in [2.24, 2.45) is 0 Å². The van der Waals surface area contributed by atoms with E-state index in [2.05, 4.69) is 14.8 Å². The molecule has 0 spiro atoms. The Bertz CT molecular complexity index is 607. The summed E-state index contributed by atoms with van der Waals surface area (Å²) in [7, 11) is 1.33. The highest BCUT2D eigenvalue weighted by atomic mass is 35.5. The molecule has 19 heavy (non-hydrogen) atoms. The number of aromatic nitrogens is 3. The second-order valence-corrected chi connectivity index (χ2v) is 4.16. The second kappa shape index (κ2) is 6.15. The van der Waals surface area contributed by atoms with Crippen LogP contribution in [-0.4, -0.2) is 27.8 Å². The van der Waals surface area contributed by atoms with Crippen LogP contribution in [0.1, 0.15) is 0 Å². The number of halogens is 1. The lowest BCUT2D eigenvalue weighted by molar-refractivity contribution is -0.134. The lowest BCUT2D eigenvalue weighted by atomic mass is 10.2. The molecule has 0 aliphatic heterocycles. The van der Waals surface area contributed by atoms with Crippen molar-refractivity contribution in [1.29, 1.82) is 0 Å². The van der Waals surface area contributed by atoms with Crippen LogP contribution >= 0.6 is 11.6 Å². The quantitative estimate of drug-likeness (QED) is 0.636. The normalized spacial score (nSPS) is 10.8. The minimum atomic E-state index is -0.393. The van der Waals surface area contributed by atoms with Crippen molar-refractivity contribution in [3.8, 4) is 11.4 Å². The predicted molar refractivity (Wildman–Crippen MR) is 71.6 cm³/mol. The van der Waals surface area contributed by atoms with E-state index in [1.165, 1.54) is 13.2 Å². The molecule has 0 amide bonds. The third-order valence-corrected chi connectivity index (χ3v) is 2.60. The molecule has 0 saturated carbocycles. The molecule has 0 aliphatic rings. The van der Waals surface area contributed by atoms with Gasteiger partial charge in [0.15, 0.2) is 5.82 Å². The van der Waals surface area contributed by atoms with E-state index in [1.54, 1.807) is 29.2 Å². The highest BCUT2D eigenvalue weighted by Gasteiger charge is 2.03. The van der Waals surface area contributed by atoms with Crippen LogP contribution < -0.4 is 0 Å². The first kappa shape index (κ1) is 13.3. The van der Waals surface area contributed by atoms with E-state index in [9.17, 15) is 4.79 Å². The number of ether oxygens (including phenoxy) is 1. The van der Waals surface area contributed by atoms with Gasteiger partial charge in [0.1, 0.15) is 6.33 Å². The number of rotatable bonds is 4. The molecule has 0 saturated heterocycles. The van der Waals surface area contributed by atoms with Crippen LogP contribution in [-0.2, 0) is 16.1 Å². The number of carbonyl (C=O) groups excluding carboxylic acids is 1. The maximum absolute atomic E-state index is 10.9. The molecular weight excluding hydrogens is 266 g/mol. The molecule has 0 unspecified atom stereocenters. The van der Waals surface area contributed by atoms with Gasteiger partial charge in [0.2, 0.25) is 0 Å². The first-order chi connectivity index (χ1) is 9.19. The molecule has 0 radical (unpaired) electrons. The molecular formula is C13H12ClN3O2. The molecule has 0 atom stereocenters. The number of methoxy groups -OCH3 is 1. The van der Waals surface area contributed by atoms with Crippen LogP contribution in [0.25, 0.3) is 11.4 Å². The summed E-state index contributed by atoms with van der Waals surface area (Å²) < 4.78 is 6.11. The third-order valence-electron chi connectivity index (χ3n) is 2.37. The summed E-state index contributed by atoms with van der Waals surface area (Å²) >= 11 is 5.91. The van der Waals surface area contributed by atoms with E-state index in [1.807, 2.05) is 12.1 Å². The first-order valence-corrected chi connectivity index (χ1v) is 5.96. The fraction of sp³-hybridized carbons (Fsp3) is 0.154. The highest BCUT2D eigenvalue weighted by molar-refractivity contribution is 6.30. The molecule has 1 aromatic heterocycles. The summed E-state index contributed by atoms with van der Waals surface area (Å²) in [5.74, 6) is 0.198. The Kier molecular flexibility index (Phi) is 4.30. The van der Waals surface area contributed by atoms with Gasteiger partial charge < -0.3 is 4.74 Å². The number of hydrogen-bond donors (Lipinski definition) is 0. The van der Waals surface area contributed by atoms with Gasteiger partial charge >= 0.3 is 5.97 Å². The predicted octanol–water partition coefficient (Wildman–Crippen LogP) is 2.33. The molecule has 98 valence electrons. The van der Waals surface area contributed by atoms with Gasteiger partial charge in [0.25, 0.3) is 0 Å². The Hall–Kier alpha value is -2.14. The van der Waals surface area contributed by atoms with Gasteiger partial charge in [-0.2, -0.15) is 5.10 Å². The van der Waals surface area contributed by atoms with Crippen molar-refractivity contribution in [3.63, 3.8) is 0 Å². The summed E-state index contributed by atoms with van der Waals surface area (Å²) in [5, 5.41) is 4.93. The van der Waals surface area contributed by atoms with Gasteiger partial charge in [-0.05, 0) is 12.1 Å². The van der Waals surface area contributed by atoms with Crippen LogP contribution in [0.15, 0.2) is 42.7 Å². The fourth-order valence-electron chi connectivity index (χ4n) is 1.47. The number of carbonyl (C=O) groups is 1. The zero-order valence-corrected chi connectivity index (χ0v) is 11.0. The lowest BCUT2D eigenvalue weighted by Gasteiger charge is -1.96. The molecule has 1 heterocycles. The summed E-state index contributed by atoms with van der Waals surface area (Å²) in [6.07, 6.45) is 4.60. The van der Waals surface area contributed by atoms with E-state index >= 15 is 0 Å². The molecule has 5 nitrogen and oxygen atoms in total. The molecule has 0 aliphatic carbocycles. The fourth-order valence-corrected chi connectivity index (χ4v) is 1.66. The van der Waals surface area contributed by atoms with E-state index in [0.29, 0.717) is 17.4 Å². The van der Waals surface area contributed by atoms with E-state index in [4.69, 9.17) is 11.6 Å². The first-order valence-electron chi connectivity index (χ1n) is 5.59. The standard InChI is InChI=1S/C13H12ClN3O2/c1-19-12(18)6-3-7-17-9-15-13(16-17)10-4-2-5-11(14)8-10/h2-6,8-9H,7H2,1H3/b6-3-. The average Bonchev–Trinajstić information content (AvgIpc) is 2.87. The Morgan fingerprint density at radius 2 is 2.37 bits per heavy atom. The molecule has 2 rings (SSSR count). The summed E-state index contributed by atoms with van der Waals surface area (Å²) in [4.78, 5) is 15.1. The zero-order chi connectivity index (χ0) is 13.7. The van der Waals surface area contributed by atoms with Gasteiger partial charge in [0.05, 0.1) is 13.7 Å². The van der Waals surface area contributed by atoms with Crippen molar-refractivity contribution < 1.29 is 9.53 Å². The molecule has 2 aromatic rings. The van der Waals surface area contributed by atoms with Gasteiger partial charge in [-0.15, -0.1) is 0 Å². The number of esters is 1. The number of nitrogens with zero attached hydrogens (tertiary/aromatic N) is 3. The Balaban J connectivity index is 2.07. The molecule has 0 bridgehead atoms. The van der Waals surface area contributed by atoms with Crippen molar-refractivity contribution >= 4 is 17.6 Å². The van der Waals surface area contributed by atoms with Crippen LogP contribution in [0, 0.1) is 0 Å². The van der Waals surface area contributed by atoms with Crippen molar-refractivity contribution in [3.05, 3.63) is 47.8 Å². The Morgan fingerprint density at radius 3 is 3.11 bits per heavy atom. The molecule has 1 aromatic carbocycles. The van der Waals surface area contributed by atoms with Gasteiger partial charge in [0, 0.05) is 16.7 Å². The van der Waals surface area contributed by atoms with Crippen molar-refractivity contribution in [2.75, 3.05) is 7.11 Å². The van der Waals surface area contributed by atoms with E-state index in [-0.39, 0.29) is 0 Å². The number of benzene rings is 1. The third kappa shape index (κ3) is 3.66. The van der Waals surface area contributed by atoms with Gasteiger partial charge in [-0.1, -0.05) is 29.8 Å².